The van der Waals surface area contributed by atoms with E-state index < -0.39 is 15.4 Å². The van der Waals surface area contributed by atoms with Crippen LogP contribution < -0.4 is 5.32 Å². The fraction of sp³-hybridized carbons (Fsp3) is 0.778. The van der Waals surface area contributed by atoms with Gasteiger partial charge in [-0.15, -0.1) is 0 Å². The topological polar surface area (TPSA) is 93.5 Å². The highest BCUT2D eigenvalue weighted by Crippen LogP contribution is 2.46. The van der Waals surface area contributed by atoms with Gasteiger partial charge in [0.25, 0.3) is 0 Å². The number of carbonyl (C=O) groups excluding carboxylic acids is 1. The Morgan fingerprint density at radius 3 is 2.89 bits per heavy atom. The van der Waals surface area contributed by atoms with Crippen molar-refractivity contribution in [1.82, 2.24) is 19.2 Å². The number of hydrogen-bond donors (Lipinski definition) is 1. The molecule has 2 atom stereocenters. The summed E-state index contributed by atoms with van der Waals surface area (Å²) >= 11 is 0. The number of hydrogen-bond acceptors (Lipinski definition) is 5. The third kappa shape index (κ3) is 4.05. The highest BCUT2D eigenvalue weighted by Gasteiger charge is 2.55. The van der Waals surface area contributed by atoms with Gasteiger partial charge in [0.2, 0.25) is 15.9 Å². The number of nitrogens with one attached hydrogen (secondary N) is 1. The van der Waals surface area contributed by atoms with E-state index in [9.17, 15) is 13.2 Å². The molecular formula is C18H30N4O4S. The van der Waals surface area contributed by atoms with Crippen LogP contribution >= 0.6 is 0 Å². The molecule has 8 nitrogen and oxygen atoms in total. The molecule has 2 heterocycles. The van der Waals surface area contributed by atoms with E-state index in [-0.39, 0.29) is 17.7 Å². The highest BCUT2D eigenvalue weighted by molar-refractivity contribution is 7.89. The van der Waals surface area contributed by atoms with Gasteiger partial charge in [-0.05, 0) is 26.2 Å². The zero-order chi connectivity index (χ0) is 19.5. The van der Waals surface area contributed by atoms with Crippen LogP contribution in [0.2, 0.25) is 0 Å². The summed E-state index contributed by atoms with van der Waals surface area (Å²) in [5.74, 6) is 0.927. The monoisotopic (exact) mass is 398 g/mol. The number of carbonyl (C=O) groups is 1. The van der Waals surface area contributed by atoms with Crippen molar-refractivity contribution < 1.29 is 17.9 Å². The molecule has 27 heavy (non-hydrogen) atoms. The maximum atomic E-state index is 13.2. The van der Waals surface area contributed by atoms with Crippen molar-refractivity contribution in [1.29, 1.82) is 0 Å². The fourth-order valence-corrected chi connectivity index (χ4v) is 6.42. The molecule has 152 valence electrons. The number of fused-ring (bicyclic) bond motifs is 1. The predicted molar refractivity (Wildman–Crippen MR) is 102 cm³/mol. The first-order valence-electron chi connectivity index (χ1n) is 9.65. The normalized spacial score (nSPS) is 27.9. The van der Waals surface area contributed by atoms with E-state index in [2.05, 4.69) is 10.3 Å². The number of rotatable bonds is 7. The summed E-state index contributed by atoms with van der Waals surface area (Å²) in [7, 11) is -1.77. The molecule has 0 aromatic carbocycles. The molecule has 0 bridgehead atoms. The van der Waals surface area contributed by atoms with Gasteiger partial charge in [0.05, 0.1) is 17.8 Å². The van der Waals surface area contributed by atoms with E-state index in [1.165, 1.54) is 0 Å². The maximum absolute atomic E-state index is 13.2. The minimum Gasteiger partial charge on any atom is -0.383 e. The second-order valence-electron chi connectivity index (χ2n) is 7.51. The van der Waals surface area contributed by atoms with Gasteiger partial charge in [0.15, 0.2) is 0 Å². The van der Waals surface area contributed by atoms with E-state index in [1.54, 1.807) is 17.6 Å². The molecule has 3 rings (SSSR count). The standard InChI is InChI=1S/C18H30N4O4S/c1-15-19-8-10-21(15)11-9-20-17(23)18-6-4-3-5-16(18)22(12-13-26-2)27(24,25)14-7-18/h8,10,16H,3-7,9,11-14H2,1-2H3,(H,20,23)/t16-,18-/m1/s1. The van der Waals surface area contributed by atoms with Crippen molar-refractivity contribution >= 4 is 15.9 Å². The highest BCUT2D eigenvalue weighted by atomic mass is 32.2. The fourth-order valence-electron chi connectivity index (χ4n) is 4.52. The Kier molecular flexibility index (Phi) is 6.22. The SMILES string of the molecule is COCCN1[C@@H]2CCCC[C@@]2(C(=O)NCCn2ccnc2C)CCS1(=O)=O. The molecule has 1 aliphatic heterocycles. The Bertz CT molecular complexity index is 763. The van der Waals surface area contributed by atoms with Crippen LogP contribution in [0.3, 0.4) is 0 Å². The molecule has 1 aromatic rings. The first-order chi connectivity index (χ1) is 12.9. The number of aryl methyl sites for hydroxylation is 1. The number of sulfonamides is 1. The smallest absolute Gasteiger partial charge is 0.227 e. The summed E-state index contributed by atoms with van der Waals surface area (Å²) in [6.45, 7) is 3.75. The van der Waals surface area contributed by atoms with Gasteiger partial charge in [-0.2, -0.15) is 4.31 Å². The van der Waals surface area contributed by atoms with E-state index in [0.29, 0.717) is 32.7 Å². The number of aromatic nitrogens is 2. The Morgan fingerprint density at radius 2 is 2.19 bits per heavy atom. The number of methoxy groups -OCH3 is 1. The molecule has 0 radical (unpaired) electrons. The molecule has 2 fully saturated rings. The lowest BCUT2D eigenvalue weighted by Crippen LogP contribution is -2.63. The van der Waals surface area contributed by atoms with E-state index >= 15 is 0 Å². The third-order valence-electron chi connectivity index (χ3n) is 6.03. The Labute approximate surface area is 161 Å². The Morgan fingerprint density at radius 1 is 1.37 bits per heavy atom. The lowest BCUT2D eigenvalue weighted by Gasteiger charge is -2.50. The molecule has 1 amide bonds. The third-order valence-corrected chi connectivity index (χ3v) is 7.90. The number of nitrogens with zero attached hydrogens (tertiary/aromatic N) is 3. The van der Waals surface area contributed by atoms with Gasteiger partial charge >= 0.3 is 0 Å². The van der Waals surface area contributed by atoms with Gasteiger partial charge < -0.3 is 14.6 Å². The summed E-state index contributed by atoms with van der Waals surface area (Å²) < 4.78 is 33.9. The van der Waals surface area contributed by atoms with Crippen molar-refractivity contribution in [2.75, 3.05) is 32.6 Å². The van der Waals surface area contributed by atoms with Gasteiger partial charge in [-0.25, -0.2) is 13.4 Å². The van der Waals surface area contributed by atoms with Crippen LogP contribution in [0, 0.1) is 12.3 Å². The van der Waals surface area contributed by atoms with Crippen molar-refractivity contribution in [2.45, 2.75) is 51.6 Å². The van der Waals surface area contributed by atoms with Crippen molar-refractivity contribution in [3.63, 3.8) is 0 Å². The minimum absolute atomic E-state index is 0.0118. The van der Waals surface area contributed by atoms with E-state index in [1.807, 2.05) is 17.7 Å². The van der Waals surface area contributed by atoms with Crippen LogP contribution in [0.5, 0.6) is 0 Å². The van der Waals surface area contributed by atoms with Crippen LogP contribution in [0.4, 0.5) is 0 Å². The van der Waals surface area contributed by atoms with Crippen molar-refractivity contribution in [2.24, 2.45) is 5.41 Å². The largest absolute Gasteiger partial charge is 0.383 e. The van der Waals surface area contributed by atoms with Crippen LogP contribution in [-0.4, -0.2) is 66.8 Å². The number of ether oxygens (including phenoxy) is 1. The summed E-state index contributed by atoms with van der Waals surface area (Å²) in [4.78, 5) is 17.4. The quantitative estimate of drug-likeness (QED) is 0.737. The molecule has 1 aromatic heterocycles. The zero-order valence-electron chi connectivity index (χ0n) is 16.2. The number of imidazole rings is 1. The van der Waals surface area contributed by atoms with Crippen molar-refractivity contribution in [3.8, 4) is 0 Å². The molecule has 9 heteroatoms. The molecule has 2 aliphatic rings. The van der Waals surface area contributed by atoms with Crippen LogP contribution in [0.15, 0.2) is 12.4 Å². The van der Waals surface area contributed by atoms with Crippen molar-refractivity contribution in [3.05, 3.63) is 18.2 Å². The molecule has 1 saturated heterocycles. The van der Waals surface area contributed by atoms with Gasteiger partial charge in [0, 0.05) is 45.2 Å². The molecule has 1 N–H and O–H groups in total. The first kappa shape index (κ1) is 20.3. The second kappa shape index (κ2) is 8.28. The zero-order valence-corrected chi connectivity index (χ0v) is 17.0. The maximum Gasteiger partial charge on any atom is 0.227 e. The van der Waals surface area contributed by atoms with Gasteiger partial charge in [0.1, 0.15) is 5.82 Å². The summed E-state index contributed by atoms with van der Waals surface area (Å²) in [6, 6.07) is -0.268. The molecule has 0 spiro atoms. The van der Waals surface area contributed by atoms with E-state index in [4.69, 9.17) is 4.74 Å². The minimum atomic E-state index is -3.34. The molecule has 1 aliphatic carbocycles. The van der Waals surface area contributed by atoms with Gasteiger partial charge in [-0.3, -0.25) is 4.79 Å². The second-order valence-corrected chi connectivity index (χ2v) is 9.55. The molecular weight excluding hydrogens is 368 g/mol. The average Bonchev–Trinajstić information content (AvgIpc) is 3.05. The lowest BCUT2D eigenvalue weighted by atomic mass is 9.67. The summed E-state index contributed by atoms with van der Waals surface area (Å²) in [5, 5.41) is 3.07. The summed E-state index contributed by atoms with van der Waals surface area (Å²) in [5.41, 5.74) is -0.624. The lowest BCUT2D eigenvalue weighted by molar-refractivity contribution is -0.137. The molecule has 1 saturated carbocycles. The van der Waals surface area contributed by atoms with Gasteiger partial charge in [-0.1, -0.05) is 12.8 Å². The first-order valence-corrected chi connectivity index (χ1v) is 11.3. The Balaban J connectivity index is 1.73. The number of amides is 1. The van der Waals surface area contributed by atoms with Crippen LogP contribution in [0.1, 0.15) is 37.9 Å². The Hall–Kier alpha value is -1.45. The van der Waals surface area contributed by atoms with E-state index in [0.717, 1.165) is 31.5 Å². The average molecular weight is 399 g/mol. The molecule has 0 unspecified atom stereocenters. The predicted octanol–water partition coefficient (Wildman–Crippen LogP) is 0.919. The van der Waals surface area contributed by atoms with Crippen LogP contribution in [-0.2, 0) is 26.1 Å². The summed E-state index contributed by atoms with van der Waals surface area (Å²) in [6.07, 6.45) is 7.42. The van der Waals surface area contributed by atoms with Crippen LogP contribution in [0.25, 0.3) is 0 Å².